The molecule has 2 rings (SSSR count). The van der Waals surface area contributed by atoms with Crippen LogP contribution in [-0.4, -0.2) is 31.0 Å². The van der Waals surface area contributed by atoms with Crippen molar-refractivity contribution >= 4 is 16.0 Å². The second kappa shape index (κ2) is 5.90. The highest BCUT2D eigenvalue weighted by Gasteiger charge is 2.26. The van der Waals surface area contributed by atoms with E-state index < -0.39 is 16.0 Å². The summed E-state index contributed by atoms with van der Waals surface area (Å²) in [5.41, 5.74) is 5.88. The maximum atomic E-state index is 12.2. The Morgan fingerprint density at radius 3 is 2.55 bits per heavy atom. The summed E-state index contributed by atoms with van der Waals surface area (Å²) in [4.78, 5) is 11.8. The van der Waals surface area contributed by atoms with E-state index in [-0.39, 0.29) is 22.5 Å². The van der Waals surface area contributed by atoms with Crippen LogP contribution in [-0.2, 0) is 10.1 Å². The molecule has 110 valence electrons. The van der Waals surface area contributed by atoms with E-state index in [4.69, 9.17) is 10.3 Å². The first-order chi connectivity index (χ1) is 9.39. The number of nitrogens with two attached hydrogens (primary N) is 1. The summed E-state index contributed by atoms with van der Waals surface area (Å²) in [6.07, 6.45) is 3.64. The minimum Gasteiger partial charge on any atom is -0.348 e. The molecule has 0 aliphatic heterocycles. The number of benzene rings is 1. The van der Waals surface area contributed by atoms with Gasteiger partial charge in [0.25, 0.3) is 16.0 Å². The van der Waals surface area contributed by atoms with Crippen LogP contribution in [0.25, 0.3) is 0 Å². The van der Waals surface area contributed by atoms with Crippen LogP contribution >= 0.6 is 0 Å². The van der Waals surface area contributed by atoms with Gasteiger partial charge < -0.3 is 11.1 Å². The Balaban J connectivity index is 2.22. The predicted octanol–water partition coefficient (Wildman–Crippen LogP) is 0.933. The number of carbonyl (C=O) groups excluding carboxylic acids is 1. The van der Waals surface area contributed by atoms with Crippen LogP contribution < -0.4 is 11.1 Å². The predicted molar refractivity (Wildman–Crippen MR) is 74.0 cm³/mol. The fraction of sp³-hybridized carbons (Fsp3) is 0.462. The van der Waals surface area contributed by atoms with Crippen molar-refractivity contribution in [3.63, 3.8) is 0 Å². The quantitative estimate of drug-likeness (QED) is 0.719. The summed E-state index contributed by atoms with van der Waals surface area (Å²) < 4.78 is 31.7. The summed E-state index contributed by atoms with van der Waals surface area (Å²) in [6.45, 7) is 0. The average molecular weight is 298 g/mol. The van der Waals surface area contributed by atoms with Gasteiger partial charge in [-0.15, -0.1) is 0 Å². The lowest BCUT2D eigenvalue weighted by atomic mass is 9.91. The molecule has 0 spiro atoms. The third-order valence-corrected chi connectivity index (χ3v) is 4.46. The molecule has 6 nitrogen and oxygen atoms in total. The Bertz CT molecular complexity index is 600. The van der Waals surface area contributed by atoms with E-state index in [1.165, 1.54) is 18.2 Å². The smallest absolute Gasteiger partial charge is 0.295 e. The van der Waals surface area contributed by atoms with Crippen LogP contribution in [0.15, 0.2) is 29.2 Å². The van der Waals surface area contributed by atoms with Gasteiger partial charge in [0.2, 0.25) is 0 Å². The second-order valence-corrected chi connectivity index (χ2v) is 6.39. The first-order valence-electron chi connectivity index (χ1n) is 6.52. The van der Waals surface area contributed by atoms with Crippen molar-refractivity contribution in [2.75, 3.05) is 0 Å². The Morgan fingerprint density at radius 2 is 1.90 bits per heavy atom. The van der Waals surface area contributed by atoms with E-state index >= 15 is 0 Å². The molecule has 1 amide bonds. The second-order valence-electron chi connectivity index (χ2n) is 5.00. The Kier molecular flexibility index (Phi) is 4.42. The molecule has 1 aromatic rings. The van der Waals surface area contributed by atoms with Crippen molar-refractivity contribution in [1.29, 1.82) is 0 Å². The van der Waals surface area contributed by atoms with Gasteiger partial charge in [-0.2, -0.15) is 8.42 Å². The Morgan fingerprint density at radius 1 is 1.25 bits per heavy atom. The van der Waals surface area contributed by atoms with Crippen molar-refractivity contribution in [1.82, 2.24) is 5.32 Å². The molecule has 20 heavy (non-hydrogen) atoms. The number of nitrogens with one attached hydrogen (secondary N) is 1. The number of hydrogen-bond acceptors (Lipinski definition) is 4. The molecule has 2 atom stereocenters. The van der Waals surface area contributed by atoms with E-state index in [1.54, 1.807) is 6.07 Å². The zero-order valence-electron chi connectivity index (χ0n) is 11.0. The third-order valence-electron chi connectivity index (χ3n) is 3.55. The highest BCUT2D eigenvalue weighted by atomic mass is 32.2. The molecule has 0 unspecified atom stereocenters. The van der Waals surface area contributed by atoms with Gasteiger partial charge in [-0.1, -0.05) is 25.0 Å². The van der Waals surface area contributed by atoms with Crippen LogP contribution in [0.5, 0.6) is 0 Å². The van der Waals surface area contributed by atoms with Crippen LogP contribution in [0.2, 0.25) is 0 Å². The van der Waals surface area contributed by atoms with Gasteiger partial charge >= 0.3 is 0 Å². The minimum atomic E-state index is -4.42. The first kappa shape index (κ1) is 15.0. The van der Waals surface area contributed by atoms with Crippen molar-refractivity contribution in [3.8, 4) is 0 Å². The normalized spacial score (nSPS) is 23.3. The minimum absolute atomic E-state index is 0.0622. The van der Waals surface area contributed by atoms with Crippen LogP contribution in [0.4, 0.5) is 0 Å². The molecule has 7 heteroatoms. The molecule has 1 aliphatic rings. The first-order valence-corrected chi connectivity index (χ1v) is 7.96. The standard InChI is InChI=1S/C13H18N2O4S/c14-10-6-2-3-7-11(10)15-13(16)9-5-1-4-8-12(9)20(17,18)19/h1,4-5,8,10-11H,2-3,6-7,14H2,(H,15,16)(H,17,18,19)/t10-,11-/m1/s1. The number of hydrogen-bond donors (Lipinski definition) is 3. The van der Waals surface area contributed by atoms with Crippen molar-refractivity contribution in [2.45, 2.75) is 42.7 Å². The largest absolute Gasteiger partial charge is 0.348 e. The van der Waals surface area contributed by atoms with Gasteiger partial charge in [-0.05, 0) is 25.0 Å². The molecule has 0 heterocycles. The maximum absolute atomic E-state index is 12.2. The molecular formula is C13H18N2O4S. The fourth-order valence-corrected chi connectivity index (χ4v) is 3.15. The van der Waals surface area contributed by atoms with Crippen molar-refractivity contribution in [2.24, 2.45) is 5.73 Å². The van der Waals surface area contributed by atoms with Crippen LogP contribution in [0.3, 0.4) is 0 Å². The lowest BCUT2D eigenvalue weighted by Gasteiger charge is -2.29. The molecule has 1 saturated carbocycles. The van der Waals surface area contributed by atoms with E-state index in [2.05, 4.69) is 5.32 Å². The summed E-state index contributed by atoms with van der Waals surface area (Å²) in [5.74, 6) is -0.527. The van der Waals surface area contributed by atoms with E-state index in [0.717, 1.165) is 25.7 Å². The van der Waals surface area contributed by atoms with Crippen molar-refractivity contribution < 1.29 is 17.8 Å². The lowest BCUT2D eigenvalue weighted by molar-refractivity contribution is 0.0917. The summed E-state index contributed by atoms with van der Waals surface area (Å²) in [6, 6.07) is 5.28. The topological polar surface area (TPSA) is 109 Å². The fourth-order valence-electron chi connectivity index (χ4n) is 2.46. The van der Waals surface area contributed by atoms with Gasteiger partial charge in [0.05, 0.1) is 5.56 Å². The van der Waals surface area contributed by atoms with E-state index in [1.807, 2.05) is 0 Å². The SMILES string of the molecule is N[C@@H]1CCCC[C@H]1NC(=O)c1ccccc1S(=O)(=O)O. The van der Waals surface area contributed by atoms with Gasteiger partial charge in [0, 0.05) is 12.1 Å². The Labute approximate surface area is 118 Å². The molecule has 1 aromatic carbocycles. The van der Waals surface area contributed by atoms with Gasteiger partial charge in [0.1, 0.15) is 4.90 Å². The molecule has 4 N–H and O–H groups in total. The molecule has 1 fully saturated rings. The molecule has 1 aliphatic carbocycles. The Hall–Kier alpha value is -1.44. The lowest BCUT2D eigenvalue weighted by Crippen LogP contribution is -2.49. The van der Waals surface area contributed by atoms with E-state index in [0.29, 0.717) is 0 Å². The monoisotopic (exact) mass is 298 g/mol. The highest BCUT2D eigenvalue weighted by Crippen LogP contribution is 2.19. The maximum Gasteiger partial charge on any atom is 0.295 e. The molecule has 0 saturated heterocycles. The molecular weight excluding hydrogens is 280 g/mol. The molecule has 0 bridgehead atoms. The number of carbonyl (C=O) groups is 1. The van der Waals surface area contributed by atoms with Gasteiger partial charge in [-0.3, -0.25) is 9.35 Å². The molecule has 0 aromatic heterocycles. The molecule has 0 radical (unpaired) electrons. The van der Waals surface area contributed by atoms with Gasteiger partial charge in [-0.25, -0.2) is 0 Å². The third kappa shape index (κ3) is 3.36. The van der Waals surface area contributed by atoms with Crippen molar-refractivity contribution in [3.05, 3.63) is 29.8 Å². The number of amides is 1. The highest BCUT2D eigenvalue weighted by molar-refractivity contribution is 7.86. The van der Waals surface area contributed by atoms with Crippen LogP contribution in [0, 0.1) is 0 Å². The zero-order chi connectivity index (χ0) is 14.8. The van der Waals surface area contributed by atoms with Crippen LogP contribution in [0.1, 0.15) is 36.0 Å². The number of rotatable bonds is 3. The zero-order valence-corrected chi connectivity index (χ0v) is 11.8. The van der Waals surface area contributed by atoms with E-state index in [9.17, 15) is 13.2 Å². The summed E-state index contributed by atoms with van der Waals surface area (Å²) in [7, 11) is -4.42. The van der Waals surface area contributed by atoms with Gasteiger partial charge in [0.15, 0.2) is 0 Å². The summed E-state index contributed by atoms with van der Waals surface area (Å²) in [5, 5.41) is 2.76. The average Bonchev–Trinajstić information content (AvgIpc) is 2.40. The summed E-state index contributed by atoms with van der Waals surface area (Å²) >= 11 is 0.